The van der Waals surface area contributed by atoms with E-state index < -0.39 is 5.91 Å². The number of carbonyl (C=O) groups is 1. The molecular formula is C21H22N4O2. The molecule has 0 spiro atoms. The molecule has 2 N–H and O–H groups in total. The lowest BCUT2D eigenvalue weighted by Crippen LogP contribution is -2.36. The highest BCUT2D eigenvalue weighted by Gasteiger charge is 2.20. The van der Waals surface area contributed by atoms with E-state index in [2.05, 4.69) is 35.0 Å². The van der Waals surface area contributed by atoms with Crippen LogP contribution in [-0.4, -0.2) is 22.0 Å². The van der Waals surface area contributed by atoms with Crippen LogP contribution in [0, 0.1) is 6.92 Å². The first-order valence-corrected chi connectivity index (χ1v) is 9.14. The molecular weight excluding hydrogens is 340 g/mol. The van der Waals surface area contributed by atoms with Crippen molar-refractivity contribution >= 4 is 22.5 Å². The minimum Gasteiger partial charge on any atom is -0.368 e. The van der Waals surface area contributed by atoms with Gasteiger partial charge < -0.3 is 10.6 Å². The van der Waals surface area contributed by atoms with Gasteiger partial charge in [0.1, 0.15) is 12.4 Å². The molecule has 0 saturated carbocycles. The average Bonchev–Trinajstić information content (AvgIpc) is 2.64. The van der Waals surface area contributed by atoms with Crippen molar-refractivity contribution < 1.29 is 4.79 Å². The van der Waals surface area contributed by atoms with Crippen LogP contribution in [0.4, 0.5) is 5.69 Å². The third-order valence-electron chi connectivity index (χ3n) is 5.04. The first-order chi connectivity index (χ1) is 13.0. The topological polar surface area (TPSA) is 81.2 Å². The standard InChI is InChI=1S/C21H22N4O2/c1-14-8-9-18-15(11-14)5-4-10-24(18)13-20-23-17-7-3-2-6-16(17)21(27)25(20)12-19(22)26/h2-3,6-9,11H,4-5,10,12-13H2,1H3,(H2,22,26). The summed E-state index contributed by atoms with van der Waals surface area (Å²) in [5.41, 5.74) is 9.52. The predicted octanol–water partition coefficient (Wildman–Crippen LogP) is 2.14. The lowest BCUT2D eigenvalue weighted by Gasteiger charge is -2.32. The third-order valence-corrected chi connectivity index (χ3v) is 5.04. The largest absolute Gasteiger partial charge is 0.368 e. The van der Waals surface area contributed by atoms with Gasteiger partial charge in [0.2, 0.25) is 5.91 Å². The Morgan fingerprint density at radius 2 is 2.04 bits per heavy atom. The lowest BCUT2D eigenvalue weighted by molar-refractivity contribution is -0.118. The molecule has 2 aromatic carbocycles. The summed E-state index contributed by atoms with van der Waals surface area (Å²) >= 11 is 0. The number of carbonyl (C=O) groups excluding carboxylic acids is 1. The van der Waals surface area contributed by atoms with Crippen molar-refractivity contribution in [3.05, 3.63) is 69.8 Å². The molecule has 0 radical (unpaired) electrons. The van der Waals surface area contributed by atoms with E-state index in [0.29, 0.717) is 23.3 Å². The van der Waals surface area contributed by atoms with Crippen molar-refractivity contribution in [2.45, 2.75) is 32.9 Å². The Hall–Kier alpha value is -3.15. The van der Waals surface area contributed by atoms with E-state index in [1.165, 1.54) is 21.4 Å². The van der Waals surface area contributed by atoms with Gasteiger partial charge in [-0.2, -0.15) is 0 Å². The average molecular weight is 362 g/mol. The van der Waals surface area contributed by atoms with Gasteiger partial charge in [0, 0.05) is 12.2 Å². The van der Waals surface area contributed by atoms with E-state index in [1.807, 2.05) is 12.1 Å². The fraction of sp³-hybridized carbons (Fsp3) is 0.286. The number of rotatable bonds is 4. The third kappa shape index (κ3) is 3.30. The highest BCUT2D eigenvalue weighted by atomic mass is 16.2. The number of amides is 1. The number of hydrogen-bond donors (Lipinski definition) is 1. The number of anilines is 1. The number of fused-ring (bicyclic) bond motifs is 2. The second-order valence-corrected chi connectivity index (χ2v) is 7.06. The summed E-state index contributed by atoms with van der Waals surface area (Å²) in [5, 5.41) is 0.497. The minimum atomic E-state index is -0.551. The zero-order chi connectivity index (χ0) is 19.0. The lowest BCUT2D eigenvalue weighted by atomic mass is 9.99. The zero-order valence-corrected chi connectivity index (χ0v) is 15.3. The number of para-hydroxylation sites is 1. The first kappa shape index (κ1) is 17.3. The molecule has 1 aliphatic heterocycles. The fourth-order valence-corrected chi connectivity index (χ4v) is 3.79. The van der Waals surface area contributed by atoms with Crippen LogP contribution < -0.4 is 16.2 Å². The van der Waals surface area contributed by atoms with Crippen molar-refractivity contribution in [3.8, 4) is 0 Å². The molecule has 1 aromatic heterocycles. The van der Waals surface area contributed by atoms with Crippen molar-refractivity contribution in [2.24, 2.45) is 5.73 Å². The van der Waals surface area contributed by atoms with Gasteiger partial charge in [0.15, 0.2) is 0 Å². The summed E-state index contributed by atoms with van der Waals surface area (Å²) in [5.74, 6) is 0.0102. The molecule has 0 aliphatic carbocycles. The second kappa shape index (κ2) is 6.87. The monoisotopic (exact) mass is 362 g/mol. The molecule has 1 aliphatic rings. The van der Waals surface area contributed by atoms with E-state index >= 15 is 0 Å². The van der Waals surface area contributed by atoms with Gasteiger partial charge in [0.05, 0.1) is 17.4 Å². The number of primary amides is 1. The molecule has 6 heteroatoms. The summed E-state index contributed by atoms with van der Waals surface area (Å²) in [6.45, 7) is 3.27. The van der Waals surface area contributed by atoms with Crippen LogP contribution >= 0.6 is 0 Å². The SMILES string of the molecule is Cc1ccc2c(c1)CCCN2Cc1nc2ccccc2c(=O)n1CC(N)=O. The van der Waals surface area contributed by atoms with Crippen molar-refractivity contribution in [2.75, 3.05) is 11.4 Å². The minimum absolute atomic E-state index is 0.166. The number of benzene rings is 2. The molecule has 0 unspecified atom stereocenters. The molecule has 4 rings (SSSR count). The smallest absolute Gasteiger partial charge is 0.261 e. The summed E-state index contributed by atoms with van der Waals surface area (Å²) in [6, 6.07) is 13.6. The van der Waals surface area contributed by atoms with Gasteiger partial charge in [-0.15, -0.1) is 0 Å². The first-order valence-electron chi connectivity index (χ1n) is 9.14. The Morgan fingerprint density at radius 1 is 1.22 bits per heavy atom. The number of aromatic nitrogens is 2. The summed E-state index contributed by atoms with van der Waals surface area (Å²) in [7, 11) is 0. The van der Waals surface area contributed by atoms with Gasteiger partial charge >= 0.3 is 0 Å². The second-order valence-electron chi connectivity index (χ2n) is 7.06. The highest BCUT2D eigenvalue weighted by Crippen LogP contribution is 2.29. The van der Waals surface area contributed by atoms with E-state index in [4.69, 9.17) is 5.73 Å². The van der Waals surface area contributed by atoms with Gasteiger partial charge in [-0.3, -0.25) is 14.2 Å². The zero-order valence-electron chi connectivity index (χ0n) is 15.3. The molecule has 6 nitrogen and oxygen atoms in total. The van der Waals surface area contributed by atoms with E-state index in [-0.39, 0.29) is 12.1 Å². The molecule has 0 fully saturated rings. The van der Waals surface area contributed by atoms with Crippen LogP contribution in [0.2, 0.25) is 0 Å². The van der Waals surface area contributed by atoms with Crippen molar-refractivity contribution in [3.63, 3.8) is 0 Å². The number of aryl methyl sites for hydroxylation is 2. The van der Waals surface area contributed by atoms with Gasteiger partial charge in [-0.05, 0) is 43.5 Å². The molecule has 0 atom stereocenters. The van der Waals surface area contributed by atoms with Crippen molar-refractivity contribution in [1.29, 1.82) is 0 Å². The Bertz CT molecular complexity index is 1090. The summed E-state index contributed by atoms with van der Waals surface area (Å²) in [4.78, 5) is 31.4. The quantitative estimate of drug-likeness (QED) is 0.771. The normalized spacial score (nSPS) is 13.6. The van der Waals surface area contributed by atoms with Crippen LogP contribution in [-0.2, 0) is 24.3 Å². The van der Waals surface area contributed by atoms with Gasteiger partial charge in [-0.1, -0.05) is 29.8 Å². The van der Waals surface area contributed by atoms with Crippen LogP contribution in [0.5, 0.6) is 0 Å². The maximum absolute atomic E-state index is 12.9. The van der Waals surface area contributed by atoms with E-state index in [9.17, 15) is 9.59 Å². The molecule has 0 saturated heterocycles. The van der Waals surface area contributed by atoms with E-state index in [1.54, 1.807) is 12.1 Å². The molecule has 1 amide bonds. The molecule has 138 valence electrons. The maximum atomic E-state index is 12.9. The number of hydrogen-bond acceptors (Lipinski definition) is 4. The maximum Gasteiger partial charge on any atom is 0.261 e. The Balaban J connectivity index is 1.80. The van der Waals surface area contributed by atoms with Crippen LogP contribution in [0.15, 0.2) is 47.3 Å². The Morgan fingerprint density at radius 3 is 2.85 bits per heavy atom. The van der Waals surface area contributed by atoms with Crippen LogP contribution in [0.3, 0.4) is 0 Å². The molecule has 0 bridgehead atoms. The molecule has 2 heterocycles. The molecule has 27 heavy (non-hydrogen) atoms. The van der Waals surface area contributed by atoms with Crippen molar-refractivity contribution in [1.82, 2.24) is 9.55 Å². The van der Waals surface area contributed by atoms with E-state index in [0.717, 1.165) is 19.4 Å². The van der Waals surface area contributed by atoms with Gasteiger partial charge in [0.25, 0.3) is 5.56 Å². The summed E-state index contributed by atoms with van der Waals surface area (Å²) in [6.07, 6.45) is 2.09. The summed E-state index contributed by atoms with van der Waals surface area (Å²) < 4.78 is 1.41. The van der Waals surface area contributed by atoms with Gasteiger partial charge in [-0.25, -0.2) is 4.98 Å². The Kier molecular flexibility index (Phi) is 4.39. The molecule has 3 aromatic rings. The van der Waals surface area contributed by atoms with Crippen LogP contribution in [0.1, 0.15) is 23.4 Å². The van der Waals surface area contributed by atoms with Crippen LogP contribution in [0.25, 0.3) is 10.9 Å². The number of nitrogens with two attached hydrogens (primary N) is 1. The number of nitrogens with zero attached hydrogens (tertiary/aromatic N) is 3. The fourth-order valence-electron chi connectivity index (χ4n) is 3.79. The highest BCUT2D eigenvalue weighted by molar-refractivity contribution is 5.78. The predicted molar refractivity (Wildman–Crippen MR) is 106 cm³/mol. The Labute approximate surface area is 157 Å².